The van der Waals surface area contributed by atoms with Crippen LogP contribution in [0.4, 0.5) is 0 Å². The van der Waals surface area contributed by atoms with Crippen LogP contribution in [0.15, 0.2) is 0 Å². The maximum atomic E-state index is 5.90. The molecule has 0 aromatic heterocycles. The van der Waals surface area contributed by atoms with Crippen molar-refractivity contribution >= 4 is 0 Å². The Morgan fingerprint density at radius 3 is 1.30 bits per heavy atom. The minimum atomic E-state index is 0.240. The molecule has 0 amide bonds. The molecule has 0 saturated carbocycles. The molecular weight excluding hydrogens is 252 g/mol. The van der Waals surface area contributed by atoms with Crippen molar-refractivity contribution in [2.45, 2.75) is 25.9 Å². The zero-order valence-corrected chi connectivity index (χ0v) is 13.3. The molecule has 1 rings (SSSR count). The van der Waals surface area contributed by atoms with Gasteiger partial charge in [-0.1, -0.05) is 0 Å². The summed E-state index contributed by atoms with van der Waals surface area (Å²) in [4.78, 5) is 4.87. The summed E-state index contributed by atoms with van der Waals surface area (Å²) in [5, 5.41) is 7.05. The fourth-order valence-electron chi connectivity index (χ4n) is 2.60. The molecule has 0 radical (unpaired) electrons. The fraction of sp³-hybridized carbons (Fsp3) is 1.00. The van der Waals surface area contributed by atoms with Crippen molar-refractivity contribution < 1.29 is 0 Å². The molecule has 120 valence electrons. The van der Waals surface area contributed by atoms with E-state index in [1.165, 1.54) is 0 Å². The lowest BCUT2D eigenvalue weighted by Gasteiger charge is -2.28. The summed E-state index contributed by atoms with van der Waals surface area (Å²) in [6.07, 6.45) is 0. The van der Waals surface area contributed by atoms with Gasteiger partial charge in [0.25, 0.3) is 0 Å². The number of nitrogens with zero attached hydrogens (tertiary/aromatic N) is 2. The van der Waals surface area contributed by atoms with Gasteiger partial charge >= 0.3 is 0 Å². The molecular formula is C14H34N6. The lowest BCUT2D eigenvalue weighted by molar-refractivity contribution is 0.231. The van der Waals surface area contributed by atoms with Gasteiger partial charge in [-0.05, 0) is 13.8 Å². The largest absolute Gasteiger partial charge is 0.327 e. The Labute approximate surface area is 124 Å². The Kier molecular flexibility index (Phi) is 9.33. The van der Waals surface area contributed by atoms with Gasteiger partial charge in [0.1, 0.15) is 0 Å². The zero-order chi connectivity index (χ0) is 14.8. The van der Waals surface area contributed by atoms with Crippen LogP contribution in [-0.4, -0.2) is 87.3 Å². The van der Waals surface area contributed by atoms with Crippen LogP contribution in [0.1, 0.15) is 13.8 Å². The number of nitrogens with one attached hydrogen (secondary N) is 2. The van der Waals surface area contributed by atoms with Gasteiger partial charge in [-0.25, -0.2) is 0 Å². The first-order valence-corrected chi connectivity index (χ1v) is 7.95. The first kappa shape index (κ1) is 17.8. The van der Waals surface area contributed by atoms with E-state index in [9.17, 15) is 0 Å². The molecule has 0 bridgehead atoms. The van der Waals surface area contributed by atoms with E-state index < -0.39 is 0 Å². The first-order chi connectivity index (χ1) is 9.58. The molecule has 1 aliphatic heterocycles. The van der Waals surface area contributed by atoms with Gasteiger partial charge in [0.05, 0.1) is 0 Å². The van der Waals surface area contributed by atoms with Crippen molar-refractivity contribution in [1.29, 1.82) is 0 Å². The van der Waals surface area contributed by atoms with E-state index in [4.69, 9.17) is 11.5 Å². The van der Waals surface area contributed by atoms with E-state index in [2.05, 4.69) is 34.3 Å². The summed E-state index contributed by atoms with van der Waals surface area (Å²) in [6, 6.07) is 0.480. The quantitative estimate of drug-likeness (QED) is 0.502. The van der Waals surface area contributed by atoms with E-state index in [0.29, 0.717) is 0 Å². The molecule has 0 aliphatic carbocycles. The molecule has 6 nitrogen and oxygen atoms in total. The van der Waals surface area contributed by atoms with Crippen LogP contribution in [0.2, 0.25) is 0 Å². The zero-order valence-electron chi connectivity index (χ0n) is 13.3. The molecule has 0 aromatic carbocycles. The summed E-state index contributed by atoms with van der Waals surface area (Å²) < 4.78 is 0. The van der Waals surface area contributed by atoms with Crippen molar-refractivity contribution in [2.24, 2.45) is 11.5 Å². The Balaban J connectivity index is 2.34. The van der Waals surface area contributed by atoms with Crippen LogP contribution in [0.3, 0.4) is 0 Å². The molecule has 1 heterocycles. The van der Waals surface area contributed by atoms with Crippen LogP contribution in [-0.2, 0) is 0 Å². The van der Waals surface area contributed by atoms with E-state index in [-0.39, 0.29) is 12.1 Å². The summed E-state index contributed by atoms with van der Waals surface area (Å²) in [5.74, 6) is 0. The maximum absolute atomic E-state index is 5.90. The Morgan fingerprint density at radius 1 is 0.750 bits per heavy atom. The third-order valence-electron chi connectivity index (χ3n) is 3.51. The Hall–Kier alpha value is -0.240. The SMILES string of the molecule is C[C@@H](N)CN1CCNCCN(C[C@@H](C)N)CCNCC1. The average Bonchev–Trinajstić information content (AvgIpc) is 2.33. The predicted octanol–water partition coefficient (Wildman–Crippen LogP) is -1.52. The summed E-state index contributed by atoms with van der Waals surface area (Å²) >= 11 is 0. The second kappa shape index (κ2) is 10.5. The van der Waals surface area contributed by atoms with Crippen molar-refractivity contribution in [3.63, 3.8) is 0 Å². The highest BCUT2D eigenvalue weighted by atomic mass is 15.2. The lowest BCUT2D eigenvalue weighted by Crippen LogP contribution is -2.47. The van der Waals surface area contributed by atoms with Crippen LogP contribution < -0.4 is 22.1 Å². The highest BCUT2D eigenvalue weighted by Gasteiger charge is 2.10. The molecule has 1 saturated heterocycles. The van der Waals surface area contributed by atoms with Gasteiger partial charge in [0.2, 0.25) is 0 Å². The number of rotatable bonds is 4. The minimum Gasteiger partial charge on any atom is -0.327 e. The number of nitrogens with two attached hydrogens (primary N) is 2. The Bertz CT molecular complexity index is 198. The van der Waals surface area contributed by atoms with Crippen molar-refractivity contribution in [3.05, 3.63) is 0 Å². The van der Waals surface area contributed by atoms with Gasteiger partial charge in [0, 0.05) is 77.5 Å². The molecule has 2 atom stereocenters. The van der Waals surface area contributed by atoms with Crippen molar-refractivity contribution in [2.75, 3.05) is 65.4 Å². The normalized spacial score (nSPS) is 24.6. The van der Waals surface area contributed by atoms with Gasteiger partial charge in [0.15, 0.2) is 0 Å². The summed E-state index contributed by atoms with van der Waals surface area (Å²) in [5.41, 5.74) is 11.8. The van der Waals surface area contributed by atoms with Gasteiger partial charge in [-0.15, -0.1) is 0 Å². The predicted molar refractivity (Wildman–Crippen MR) is 85.9 cm³/mol. The van der Waals surface area contributed by atoms with Crippen LogP contribution in [0.25, 0.3) is 0 Å². The second-order valence-corrected chi connectivity index (χ2v) is 6.06. The van der Waals surface area contributed by atoms with E-state index in [1.54, 1.807) is 0 Å². The van der Waals surface area contributed by atoms with Crippen LogP contribution >= 0.6 is 0 Å². The second-order valence-electron chi connectivity index (χ2n) is 6.06. The molecule has 6 heteroatoms. The van der Waals surface area contributed by atoms with E-state index in [0.717, 1.165) is 65.4 Å². The molecule has 6 N–H and O–H groups in total. The van der Waals surface area contributed by atoms with E-state index >= 15 is 0 Å². The molecule has 1 aliphatic rings. The standard InChI is InChI=1S/C14H34N6/c1-13(15)11-19-7-3-17-5-9-20(12-14(2)16)10-6-18-4-8-19/h13-14,17-18H,3-12,15-16H2,1-2H3/t13-,14-/m1/s1. The van der Waals surface area contributed by atoms with Crippen LogP contribution in [0, 0.1) is 0 Å². The average molecular weight is 286 g/mol. The fourth-order valence-corrected chi connectivity index (χ4v) is 2.60. The summed E-state index contributed by atoms with van der Waals surface area (Å²) in [6.45, 7) is 14.5. The molecule has 0 aromatic rings. The van der Waals surface area contributed by atoms with Gasteiger partial charge < -0.3 is 22.1 Å². The third kappa shape index (κ3) is 8.84. The molecule has 1 fully saturated rings. The van der Waals surface area contributed by atoms with Crippen molar-refractivity contribution in [1.82, 2.24) is 20.4 Å². The molecule has 0 unspecified atom stereocenters. The molecule has 0 spiro atoms. The van der Waals surface area contributed by atoms with E-state index in [1.807, 2.05) is 0 Å². The highest BCUT2D eigenvalue weighted by Crippen LogP contribution is 1.93. The lowest BCUT2D eigenvalue weighted by atomic mass is 10.3. The minimum absolute atomic E-state index is 0.240. The Morgan fingerprint density at radius 2 is 1.05 bits per heavy atom. The smallest absolute Gasteiger partial charge is 0.0139 e. The third-order valence-corrected chi connectivity index (χ3v) is 3.51. The topological polar surface area (TPSA) is 82.6 Å². The van der Waals surface area contributed by atoms with Gasteiger partial charge in [-0.3, -0.25) is 9.80 Å². The highest BCUT2D eigenvalue weighted by molar-refractivity contribution is 4.71. The monoisotopic (exact) mass is 286 g/mol. The number of hydrogen-bond donors (Lipinski definition) is 4. The van der Waals surface area contributed by atoms with Gasteiger partial charge in [-0.2, -0.15) is 0 Å². The maximum Gasteiger partial charge on any atom is 0.0139 e. The first-order valence-electron chi connectivity index (χ1n) is 7.95. The number of hydrogen-bond acceptors (Lipinski definition) is 6. The summed E-state index contributed by atoms with van der Waals surface area (Å²) in [7, 11) is 0. The molecule has 20 heavy (non-hydrogen) atoms. The van der Waals surface area contributed by atoms with Crippen molar-refractivity contribution in [3.8, 4) is 0 Å². The van der Waals surface area contributed by atoms with Crippen LogP contribution in [0.5, 0.6) is 0 Å².